The summed E-state index contributed by atoms with van der Waals surface area (Å²) >= 11 is 0. The summed E-state index contributed by atoms with van der Waals surface area (Å²) in [6.45, 7) is 4.68. The predicted octanol–water partition coefficient (Wildman–Crippen LogP) is 2.72. The third-order valence-electron chi connectivity index (χ3n) is 4.65. The number of rotatable bonds is 6. The average molecular weight is 486 g/mol. The van der Waals surface area contributed by atoms with Gasteiger partial charge in [-0.05, 0) is 12.1 Å². The number of Topliss-reactive ketones (excluding diaryl/α,β-unsaturated/α-hetero) is 1. The SMILES string of the molecule is COc1cc(OC(C)=O)cc2c1C(=O)[C@@H](OC(C)=O)[C@H](c1ccc(OC(C)=O)c(OC(C)=O)c1)O2. The van der Waals surface area contributed by atoms with E-state index >= 15 is 0 Å². The fourth-order valence-corrected chi connectivity index (χ4v) is 3.48. The molecular weight excluding hydrogens is 464 g/mol. The van der Waals surface area contributed by atoms with E-state index in [1.54, 1.807) is 0 Å². The van der Waals surface area contributed by atoms with Crippen molar-refractivity contribution in [3.05, 3.63) is 41.5 Å². The molecule has 0 fully saturated rings. The maximum atomic E-state index is 13.4. The molecule has 1 heterocycles. The van der Waals surface area contributed by atoms with E-state index in [4.69, 9.17) is 28.4 Å². The molecule has 35 heavy (non-hydrogen) atoms. The lowest BCUT2D eigenvalue weighted by atomic mass is 9.92. The Labute approximate surface area is 199 Å². The zero-order valence-electron chi connectivity index (χ0n) is 19.5. The van der Waals surface area contributed by atoms with Gasteiger partial charge >= 0.3 is 23.9 Å². The summed E-state index contributed by atoms with van der Waals surface area (Å²) in [7, 11) is 1.31. The van der Waals surface area contributed by atoms with Gasteiger partial charge in [0.2, 0.25) is 11.9 Å². The van der Waals surface area contributed by atoms with Crippen molar-refractivity contribution in [2.24, 2.45) is 0 Å². The quantitative estimate of drug-likeness (QED) is 0.439. The van der Waals surface area contributed by atoms with Crippen LogP contribution in [-0.2, 0) is 23.9 Å². The normalized spacial score (nSPS) is 16.3. The highest BCUT2D eigenvalue weighted by Crippen LogP contribution is 2.44. The van der Waals surface area contributed by atoms with Gasteiger partial charge in [-0.3, -0.25) is 24.0 Å². The average Bonchev–Trinajstić information content (AvgIpc) is 2.74. The standard InChI is InChI=1S/C24H22O11/c1-11(25)31-16-9-19(30-5)21-20(10-16)35-23(24(22(21)29)34-14(4)28)15-6-7-17(32-12(2)26)18(8-15)33-13(3)27/h6-10,23-24H,1-5H3/t23-,24+/m0/s1. The Morgan fingerprint density at radius 1 is 0.771 bits per heavy atom. The highest BCUT2D eigenvalue weighted by Gasteiger charge is 2.43. The number of ether oxygens (including phenoxy) is 6. The molecule has 11 nitrogen and oxygen atoms in total. The fraction of sp³-hybridized carbons (Fsp3) is 0.292. The van der Waals surface area contributed by atoms with E-state index in [0.717, 1.165) is 13.8 Å². The molecule has 0 aromatic heterocycles. The number of carbonyl (C=O) groups is 5. The summed E-state index contributed by atoms with van der Waals surface area (Å²) in [5.41, 5.74) is 0.252. The van der Waals surface area contributed by atoms with Crippen LogP contribution in [0.5, 0.6) is 28.7 Å². The van der Waals surface area contributed by atoms with Gasteiger partial charge in [0, 0.05) is 45.4 Å². The van der Waals surface area contributed by atoms with Gasteiger partial charge in [0.25, 0.3) is 0 Å². The fourth-order valence-electron chi connectivity index (χ4n) is 3.48. The summed E-state index contributed by atoms with van der Waals surface area (Å²) in [5, 5.41) is 0. The van der Waals surface area contributed by atoms with Gasteiger partial charge in [0.05, 0.1) is 7.11 Å². The molecule has 0 spiro atoms. The molecule has 0 saturated heterocycles. The van der Waals surface area contributed by atoms with Crippen LogP contribution in [0.3, 0.4) is 0 Å². The lowest BCUT2D eigenvalue weighted by molar-refractivity contribution is -0.149. The van der Waals surface area contributed by atoms with Gasteiger partial charge in [-0.2, -0.15) is 0 Å². The van der Waals surface area contributed by atoms with E-state index in [0.29, 0.717) is 0 Å². The first-order chi connectivity index (χ1) is 16.5. The Hall–Kier alpha value is -4.41. The van der Waals surface area contributed by atoms with E-state index < -0.39 is 41.9 Å². The molecule has 0 N–H and O–H groups in total. The van der Waals surface area contributed by atoms with Crippen molar-refractivity contribution >= 4 is 29.7 Å². The van der Waals surface area contributed by atoms with Crippen LogP contribution in [0.1, 0.15) is 49.7 Å². The lowest BCUT2D eigenvalue weighted by Gasteiger charge is -2.33. The third kappa shape index (κ3) is 5.75. The van der Waals surface area contributed by atoms with Crippen molar-refractivity contribution in [1.82, 2.24) is 0 Å². The molecule has 3 rings (SSSR count). The first kappa shape index (κ1) is 25.2. The zero-order valence-corrected chi connectivity index (χ0v) is 19.5. The van der Waals surface area contributed by atoms with Crippen LogP contribution >= 0.6 is 0 Å². The molecule has 184 valence electrons. The van der Waals surface area contributed by atoms with Gasteiger partial charge in [-0.15, -0.1) is 0 Å². The van der Waals surface area contributed by atoms with E-state index in [9.17, 15) is 24.0 Å². The number of benzene rings is 2. The maximum Gasteiger partial charge on any atom is 0.308 e. The first-order valence-electron chi connectivity index (χ1n) is 10.3. The molecule has 0 bridgehead atoms. The minimum Gasteiger partial charge on any atom is -0.496 e. The largest absolute Gasteiger partial charge is 0.496 e. The second-order valence-electron chi connectivity index (χ2n) is 7.42. The van der Waals surface area contributed by atoms with Crippen molar-refractivity contribution < 1.29 is 52.4 Å². The number of fused-ring (bicyclic) bond motifs is 1. The van der Waals surface area contributed by atoms with Crippen molar-refractivity contribution in [2.45, 2.75) is 39.9 Å². The smallest absolute Gasteiger partial charge is 0.308 e. The molecule has 2 aromatic rings. The highest BCUT2D eigenvalue weighted by molar-refractivity contribution is 6.06. The lowest BCUT2D eigenvalue weighted by Crippen LogP contribution is -2.39. The van der Waals surface area contributed by atoms with Crippen LogP contribution in [0.15, 0.2) is 30.3 Å². The molecule has 1 aliphatic heterocycles. The van der Waals surface area contributed by atoms with Crippen molar-refractivity contribution in [3.63, 3.8) is 0 Å². The number of hydrogen-bond donors (Lipinski definition) is 0. The molecule has 1 aliphatic rings. The Morgan fingerprint density at radius 3 is 1.97 bits per heavy atom. The van der Waals surface area contributed by atoms with E-state index in [1.807, 2.05) is 0 Å². The molecule has 2 atom stereocenters. The molecule has 2 aromatic carbocycles. The highest BCUT2D eigenvalue weighted by atomic mass is 16.6. The predicted molar refractivity (Wildman–Crippen MR) is 117 cm³/mol. The Morgan fingerprint density at radius 2 is 1.40 bits per heavy atom. The number of methoxy groups -OCH3 is 1. The van der Waals surface area contributed by atoms with Crippen molar-refractivity contribution in [3.8, 4) is 28.7 Å². The summed E-state index contributed by atoms with van der Waals surface area (Å²) in [4.78, 5) is 59.7. The van der Waals surface area contributed by atoms with Crippen LogP contribution in [0.25, 0.3) is 0 Å². The molecule has 0 aliphatic carbocycles. The molecule has 11 heteroatoms. The number of carbonyl (C=O) groups excluding carboxylic acids is 5. The molecule has 0 saturated carbocycles. The Bertz CT molecular complexity index is 1210. The Balaban J connectivity index is 2.15. The second kappa shape index (κ2) is 10.2. The monoisotopic (exact) mass is 486 g/mol. The minimum atomic E-state index is -1.43. The number of esters is 4. The molecular formula is C24H22O11. The molecule has 0 radical (unpaired) electrons. The molecule has 0 amide bonds. The summed E-state index contributed by atoms with van der Waals surface area (Å²) in [5.74, 6) is -3.33. The first-order valence-corrected chi connectivity index (χ1v) is 10.3. The zero-order chi connectivity index (χ0) is 25.9. The van der Waals surface area contributed by atoms with Crippen LogP contribution in [0, 0.1) is 0 Å². The van der Waals surface area contributed by atoms with Crippen LogP contribution in [0.4, 0.5) is 0 Å². The molecule has 0 unspecified atom stereocenters. The number of ketones is 1. The van der Waals surface area contributed by atoms with Crippen LogP contribution in [0.2, 0.25) is 0 Å². The number of hydrogen-bond acceptors (Lipinski definition) is 11. The second-order valence-corrected chi connectivity index (χ2v) is 7.42. The van der Waals surface area contributed by atoms with Crippen LogP contribution < -0.4 is 23.7 Å². The van der Waals surface area contributed by atoms with E-state index in [2.05, 4.69) is 0 Å². The summed E-state index contributed by atoms with van der Waals surface area (Å²) < 4.78 is 31.9. The van der Waals surface area contributed by atoms with E-state index in [-0.39, 0.29) is 39.9 Å². The Kier molecular flexibility index (Phi) is 7.38. The van der Waals surface area contributed by atoms with Gasteiger partial charge in [-0.1, -0.05) is 6.07 Å². The van der Waals surface area contributed by atoms with Gasteiger partial charge in [-0.25, -0.2) is 0 Å². The third-order valence-corrected chi connectivity index (χ3v) is 4.65. The maximum absolute atomic E-state index is 13.4. The van der Waals surface area contributed by atoms with E-state index in [1.165, 1.54) is 51.3 Å². The van der Waals surface area contributed by atoms with Gasteiger partial charge < -0.3 is 28.4 Å². The van der Waals surface area contributed by atoms with Gasteiger partial charge in [0.1, 0.15) is 22.8 Å². The summed E-state index contributed by atoms with van der Waals surface area (Å²) in [6, 6.07) is 6.79. The summed E-state index contributed by atoms with van der Waals surface area (Å²) in [6.07, 6.45) is -2.63. The van der Waals surface area contributed by atoms with Gasteiger partial charge in [0.15, 0.2) is 17.6 Å². The van der Waals surface area contributed by atoms with Crippen molar-refractivity contribution in [2.75, 3.05) is 7.11 Å². The topological polar surface area (TPSA) is 141 Å². The van der Waals surface area contributed by atoms with Crippen LogP contribution in [-0.4, -0.2) is 42.9 Å². The minimum absolute atomic E-state index is 0.0112. The van der Waals surface area contributed by atoms with Crippen molar-refractivity contribution in [1.29, 1.82) is 0 Å².